The van der Waals surface area contributed by atoms with Crippen LogP contribution in [0.5, 0.6) is 0 Å². The van der Waals surface area contributed by atoms with Gasteiger partial charge in [0.2, 0.25) is 0 Å². The Hall–Kier alpha value is -4.48. The smallest absolute Gasteiger partial charge is 0.0879 e. The topological polar surface area (TPSA) is 49.4 Å². The van der Waals surface area contributed by atoms with Crippen molar-refractivity contribution in [1.29, 1.82) is 0 Å². The zero-order chi connectivity index (χ0) is 24.8. The molecule has 2 aromatic carbocycles. The molecular weight excluding hydrogens is 520 g/mol. The first-order valence-corrected chi connectivity index (χ1v) is 12.8. The maximum absolute atomic E-state index is 5.00. The zero-order valence-corrected chi connectivity index (χ0v) is 21.2. The summed E-state index contributed by atoms with van der Waals surface area (Å²) in [4.78, 5) is 19.9. The van der Waals surface area contributed by atoms with Crippen LogP contribution in [0.4, 0.5) is 0 Å². The number of hydrogen-bond acceptors (Lipinski definition) is 4. The summed E-state index contributed by atoms with van der Waals surface area (Å²) < 4.78 is 0.917. The second-order valence-corrected chi connectivity index (χ2v) is 9.77. The molecule has 0 fully saturated rings. The number of aliphatic imine (C=N–C) groups is 4. The van der Waals surface area contributed by atoms with Crippen LogP contribution < -0.4 is 0 Å². The van der Waals surface area contributed by atoms with E-state index >= 15 is 0 Å². The summed E-state index contributed by atoms with van der Waals surface area (Å²) in [6.07, 6.45) is 18.3. The van der Waals surface area contributed by atoms with Crippen LogP contribution >= 0.6 is 15.9 Å². The molecule has 0 unspecified atom stereocenters. The lowest BCUT2D eigenvalue weighted by Crippen LogP contribution is -2.02. The van der Waals surface area contributed by atoms with Gasteiger partial charge in [0.25, 0.3) is 0 Å². The van der Waals surface area contributed by atoms with Crippen molar-refractivity contribution in [1.82, 2.24) is 0 Å². The summed E-state index contributed by atoms with van der Waals surface area (Å²) in [7, 11) is 0. The van der Waals surface area contributed by atoms with E-state index in [0.717, 1.165) is 72.4 Å². The number of halogens is 1. The number of benzene rings is 2. The van der Waals surface area contributed by atoms with Gasteiger partial charge in [0.15, 0.2) is 0 Å². The van der Waals surface area contributed by atoms with Crippen molar-refractivity contribution >= 4 is 49.9 Å². The monoisotopic (exact) mass is 538 g/mol. The minimum atomic E-state index is 0.834. The number of allylic oxidation sites excluding steroid dienone is 12. The average Bonchev–Trinajstić information content (AvgIpc) is 3.72. The molecule has 0 aliphatic carbocycles. The molecule has 0 radical (unpaired) electrons. The summed E-state index contributed by atoms with van der Waals surface area (Å²) in [5.74, 6) is 0. The maximum atomic E-state index is 5.00. The highest BCUT2D eigenvalue weighted by Crippen LogP contribution is 2.35. The number of fused-ring (bicyclic) bond motifs is 4. The molecule has 5 aliphatic heterocycles. The largest absolute Gasteiger partial charge is 0.248 e. The lowest BCUT2D eigenvalue weighted by Gasteiger charge is -2.10. The van der Waals surface area contributed by atoms with Crippen molar-refractivity contribution in [3.63, 3.8) is 0 Å². The van der Waals surface area contributed by atoms with E-state index in [9.17, 15) is 0 Å². The van der Waals surface area contributed by atoms with Gasteiger partial charge in [0, 0.05) is 15.6 Å². The summed E-state index contributed by atoms with van der Waals surface area (Å²) >= 11 is 3.76. The second-order valence-electron chi connectivity index (χ2n) is 8.91. The first kappa shape index (κ1) is 21.8. The molecule has 0 saturated carbocycles. The van der Waals surface area contributed by atoms with E-state index in [2.05, 4.69) is 52.3 Å². The molecule has 0 spiro atoms. The van der Waals surface area contributed by atoms with Gasteiger partial charge in [-0.2, -0.15) is 0 Å². The molecule has 0 saturated heterocycles. The summed E-state index contributed by atoms with van der Waals surface area (Å²) in [6, 6.07) is 20.6. The molecule has 5 aliphatic rings. The Bertz CT molecular complexity index is 1730. The molecule has 2 aromatic rings. The van der Waals surface area contributed by atoms with Crippen molar-refractivity contribution in [2.45, 2.75) is 0 Å². The number of rotatable bonds is 2. The highest BCUT2D eigenvalue weighted by Gasteiger charge is 2.24. The molecule has 8 bridgehead atoms. The van der Waals surface area contributed by atoms with E-state index in [1.54, 1.807) is 0 Å². The Labute approximate surface area is 223 Å². The lowest BCUT2D eigenvalue weighted by molar-refractivity contribution is 1.41. The Morgan fingerprint density at radius 1 is 0.486 bits per heavy atom. The van der Waals surface area contributed by atoms with Gasteiger partial charge in [0.1, 0.15) is 0 Å². The van der Waals surface area contributed by atoms with E-state index in [1.807, 2.05) is 78.9 Å². The molecule has 0 amide bonds. The van der Waals surface area contributed by atoms with E-state index in [1.165, 1.54) is 0 Å². The van der Waals surface area contributed by atoms with Crippen molar-refractivity contribution in [3.8, 4) is 0 Å². The van der Waals surface area contributed by atoms with Crippen molar-refractivity contribution in [2.24, 2.45) is 20.0 Å². The van der Waals surface area contributed by atoms with Crippen LogP contribution in [-0.4, -0.2) is 22.8 Å². The fraction of sp³-hybridized carbons (Fsp3) is 0. The van der Waals surface area contributed by atoms with Gasteiger partial charge in [0.05, 0.1) is 45.6 Å². The molecule has 7 rings (SSSR count). The standard InChI is InChI=1S/C32H19BrN4/c33-26-19-25-18-24-12-15-28(35-24)30(20-7-3-1-4-8-20)27-14-11-22(34-27)17-23-13-16-29(36-23)31(32(26)37-25)21-9-5-2-6-10-21/h1-19H. The van der Waals surface area contributed by atoms with Crippen LogP contribution in [0.1, 0.15) is 11.1 Å². The van der Waals surface area contributed by atoms with Crippen LogP contribution in [-0.2, 0) is 0 Å². The summed E-state index contributed by atoms with van der Waals surface area (Å²) in [5, 5.41) is 0. The Balaban J connectivity index is 1.47. The van der Waals surface area contributed by atoms with Crippen LogP contribution in [0.3, 0.4) is 0 Å². The second kappa shape index (κ2) is 8.87. The molecular formula is C32H19BrN4. The van der Waals surface area contributed by atoms with Gasteiger partial charge in [-0.25, -0.2) is 20.0 Å². The third kappa shape index (κ3) is 4.03. The SMILES string of the molecule is BrC1=CC2=CC3=NC(=C(c4ccccc4)C4=NC(=CC5=NC(=C(c6ccccc6)C1=N2)C=C5)C=C4)C=C3. The first-order chi connectivity index (χ1) is 18.2. The van der Waals surface area contributed by atoms with Crippen molar-refractivity contribution in [3.05, 3.63) is 154 Å². The highest BCUT2D eigenvalue weighted by molar-refractivity contribution is 9.12. The van der Waals surface area contributed by atoms with Gasteiger partial charge >= 0.3 is 0 Å². The summed E-state index contributed by atoms with van der Waals surface area (Å²) in [6.45, 7) is 0. The molecule has 5 heteroatoms. The van der Waals surface area contributed by atoms with E-state index in [-0.39, 0.29) is 0 Å². The predicted molar refractivity (Wildman–Crippen MR) is 157 cm³/mol. The normalized spacial score (nSPS) is 19.5. The first-order valence-electron chi connectivity index (χ1n) is 12.0. The molecule has 174 valence electrons. The van der Waals surface area contributed by atoms with Crippen LogP contribution in [0.25, 0.3) is 11.1 Å². The predicted octanol–water partition coefficient (Wildman–Crippen LogP) is 7.36. The molecule has 37 heavy (non-hydrogen) atoms. The summed E-state index contributed by atoms with van der Waals surface area (Å²) in [5.41, 5.74) is 11.0. The maximum Gasteiger partial charge on any atom is 0.0879 e. The molecule has 0 aromatic heterocycles. The molecule has 0 atom stereocenters. The van der Waals surface area contributed by atoms with Crippen LogP contribution in [0.15, 0.2) is 163 Å². The van der Waals surface area contributed by atoms with Crippen LogP contribution in [0, 0.1) is 0 Å². The minimum absolute atomic E-state index is 0.834. The highest BCUT2D eigenvalue weighted by atomic mass is 79.9. The van der Waals surface area contributed by atoms with Gasteiger partial charge in [-0.3, -0.25) is 0 Å². The zero-order valence-electron chi connectivity index (χ0n) is 19.6. The van der Waals surface area contributed by atoms with Gasteiger partial charge < -0.3 is 0 Å². The van der Waals surface area contributed by atoms with E-state index < -0.39 is 0 Å². The fourth-order valence-corrected chi connectivity index (χ4v) is 5.32. The number of hydrogen-bond donors (Lipinski definition) is 0. The molecule has 5 heterocycles. The molecule has 0 N–H and O–H groups in total. The van der Waals surface area contributed by atoms with Gasteiger partial charge in [-0.05, 0) is 81.7 Å². The van der Waals surface area contributed by atoms with Gasteiger partial charge in [-0.1, -0.05) is 60.7 Å². The van der Waals surface area contributed by atoms with Crippen LogP contribution in [0.2, 0.25) is 0 Å². The third-order valence-corrected chi connectivity index (χ3v) is 7.05. The minimum Gasteiger partial charge on any atom is -0.248 e. The third-order valence-electron chi connectivity index (χ3n) is 6.45. The van der Waals surface area contributed by atoms with Crippen molar-refractivity contribution < 1.29 is 0 Å². The average molecular weight is 539 g/mol. The fourth-order valence-electron chi connectivity index (χ4n) is 4.80. The lowest BCUT2D eigenvalue weighted by atomic mass is 9.99. The van der Waals surface area contributed by atoms with E-state index in [4.69, 9.17) is 20.0 Å². The Morgan fingerprint density at radius 3 is 1.76 bits per heavy atom. The number of nitrogens with zero attached hydrogens (tertiary/aromatic N) is 4. The quantitative estimate of drug-likeness (QED) is 0.383. The van der Waals surface area contributed by atoms with Gasteiger partial charge in [-0.15, -0.1) is 0 Å². The Kier molecular flexibility index (Phi) is 5.22. The Morgan fingerprint density at radius 2 is 1.08 bits per heavy atom. The molecule has 4 nitrogen and oxygen atoms in total. The van der Waals surface area contributed by atoms with E-state index in [0.29, 0.717) is 0 Å². The van der Waals surface area contributed by atoms with Crippen molar-refractivity contribution in [2.75, 3.05) is 0 Å².